The summed E-state index contributed by atoms with van der Waals surface area (Å²) < 4.78 is 27.7. The number of hydrogen-bond acceptors (Lipinski definition) is 1. The monoisotopic (exact) mass is 331 g/mol. The Morgan fingerprint density at radius 3 is 2.42 bits per heavy atom. The molecule has 104 valence electrons. The fourth-order valence-electron chi connectivity index (χ4n) is 2.58. The molecule has 0 saturated heterocycles. The topological polar surface area (TPSA) is 29.1 Å². The van der Waals surface area contributed by atoms with E-state index in [0.717, 1.165) is 31.4 Å². The standard InChI is InChI=1S/C14H16BrF2NO/c1-14(2)5-3-4-11(14)18-13(19)12-9(16)6-8(15)7-10(12)17/h6-7,11H,3-5H2,1-2H3,(H,18,19). The van der Waals surface area contributed by atoms with Crippen LogP contribution in [0.2, 0.25) is 0 Å². The molecular weight excluding hydrogens is 316 g/mol. The normalized spacial score (nSPS) is 21.4. The van der Waals surface area contributed by atoms with Gasteiger partial charge in [0.05, 0.1) is 0 Å². The molecule has 1 aromatic carbocycles. The van der Waals surface area contributed by atoms with E-state index in [0.29, 0.717) is 0 Å². The van der Waals surface area contributed by atoms with Crippen LogP contribution in [-0.4, -0.2) is 11.9 Å². The Bertz CT molecular complexity index is 493. The Balaban J connectivity index is 2.21. The van der Waals surface area contributed by atoms with E-state index in [1.165, 1.54) is 0 Å². The van der Waals surface area contributed by atoms with Crippen molar-refractivity contribution in [2.75, 3.05) is 0 Å². The number of rotatable bonds is 2. The molecule has 1 aliphatic rings. The number of hydrogen-bond donors (Lipinski definition) is 1. The van der Waals surface area contributed by atoms with Crippen molar-refractivity contribution < 1.29 is 13.6 Å². The lowest BCUT2D eigenvalue weighted by atomic mass is 9.87. The van der Waals surface area contributed by atoms with Gasteiger partial charge in [-0.05, 0) is 30.4 Å². The molecule has 1 fully saturated rings. The second kappa shape index (κ2) is 5.19. The molecule has 1 atom stereocenters. The first-order chi connectivity index (χ1) is 8.81. The van der Waals surface area contributed by atoms with Gasteiger partial charge in [0.25, 0.3) is 5.91 Å². The highest BCUT2D eigenvalue weighted by Crippen LogP contribution is 2.37. The first-order valence-electron chi connectivity index (χ1n) is 6.26. The predicted molar refractivity (Wildman–Crippen MR) is 72.9 cm³/mol. The summed E-state index contributed by atoms with van der Waals surface area (Å²) in [5.74, 6) is -2.37. The van der Waals surface area contributed by atoms with Gasteiger partial charge in [-0.25, -0.2) is 8.78 Å². The molecule has 19 heavy (non-hydrogen) atoms. The maximum absolute atomic E-state index is 13.7. The van der Waals surface area contributed by atoms with Crippen molar-refractivity contribution in [2.24, 2.45) is 5.41 Å². The minimum Gasteiger partial charge on any atom is -0.349 e. The summed E-state index contributed by atoms with van der Waals surface area (Å²) in [6, 6.07) is 2.15. The van der Waals surface area contributed by atoms with Crippen molar-refractivity contribution in [3.05, 3.63) is 33.8 Å². The number of amides is 1. The summed E-state index contributed by atoms with van der Waals surface area (Å²) in [7, 11) is 0. The van der Waals surface area contributed by atoms with Crippen LogP contribution in [0.4, 0.5) is 8.78 Å². The summed E-state index contributed by atoms with van der Waals surface area (Å²) >= 11 is 2.99. The quantitative estimate of drug-likeness (QED) is 0.870. The highest BCUT2D eigenvalue weighted by Gasteiger charge is 2.36. The average Bonchev–Trinajstić information content (AvgIpc) is 2.56. The van der Waals surface area contributed by atoms with E-state index in [1.807, 2.05) is 0 Å². The fourth-order valence-corrected chi connectivity index (χ4v) is 2.99. The lowest BCUT2D eigenvalue weighted by molar-refractivity contribution is 0.0901. The number of carbonyl (C=O) groups is 1. The first-order valence-corrected chi connectivity index (χ1v) is 7.06. The van der Waals surface area contributed by atoms with Crippen LogP contribution < -0.4 is 5.32 Å². The van der Waals surface area contributed by atoms with E-state index in [9.17, 15) is 13.6 Å². The largest absolute Gasteiger partial charge is 0.349 e. The minimum atomic E-state index is -0.847. The van der Waals surface area contributed by atoms with Crippen molar-refractivity contribution >= 4 is 21.8 Å². The zero-order valence-electron chi connectivity index (χ0n) is 10.9. The Labute approximate surface area is 119 Å². The molecule has 0 radical (unpaired) electrons. The highest BCUT2D eigenvalue weighted by molar-refractivity contribution is 9.10. The van der Waals surface area contributed by atoms with E-state index >= 15 is 0 Å². The third kappa shape index (κ3) is 2.96. The van der Waals surface area contributed by atoms with Gasteiger partial charge in [-0.15, -0.1) is 0 Å². The van der Waals surface area contributed by atoms with Crippen molar-refractivity contribution in [2.45, 2.75) is 39.2 Å². The second-order valence-electron chi connectivity index (χ2n) is 5.65. The van der Waals surface area contributed by atoms with Crippen LogP contribution in [0, 0.1) is 17.0 Å². The average molecular weight is 332 g/mol. The third-order valence-corrected chi connectivity index (χ3v) is 4.25. The van der Waals surface area contributed by atoms with Gasteiger partial charge < -0.3 is 5.32 Å². The van der Waals surface area contributed by atoms with E-state index < -0.39 is 23.1 Å². The van der Waals surface area contributed by atoms with Crippen molar-refractivity contribution in [1.29, 1.82) is 0 Å². The fraction of sp³-hybridized carbons (Fsp3) is 0.500. The molecule has 5 heteroatoms. The number of halogens is 3. The molecule has 2 rings (SSSR count). The number of nitrogens with one attached hydrogen (secondary N) is 1. The molecule has 0 bridgehead atoms. The van der Waals surface area contributed by atoms with Gasteiger partial charge in [0.1, 0.15) is 17.2 Å². The lowest BCUT2D eigenvalue weighted by Gasteiger charge is -2.27. The lowest BCUT2D eigenvalue weighted by Crippen LogP contribution is -2.42. The van der Waals surface area contributed by atoms with Crippen LogP contribution in [0.5, 0.6) is 0 Å². The number of benzene rings is 1. The molecule has 1 unspecified atom stereocenters. The van der Waals surface area contributed by atoms with Gasteiger partial charge in [0.2, 0.25) is 0 Å². The van der Waals surface area contributed by atoms with Gasteiger partial charge in [-0.2, -0.15) is 0 Å². The predicted octanol–water partition coefficient (Wildman–Crippen LogP) is 4.04. The summed E-state index contributed by atoms with van der Waals surface area (Å²) in [5, 5.41) is 2.75. The second-order valence-corrected chi connectivity index (χ2v) is 6.57. The molecule has 1 amide bonds. The summed E-state index contributed by atoms with van der Waals surface area (Å²) in [5.41, 5.74) is -0.538. The van der Waals surface area contributed by atoms with E-state index in [-0.39, 0.29) is 15.9 Å². The third-order valence-electron chi connectivity index (χ3n) is 3.80. The maximum Gasteiger partial charge on any atom is 0.257 e. The SMILES string of the molecule is CC1(C)CCCC1NC(=O)c1c(F)cc(Br)cc1F. The minimum absolute atomic E-state index is 0.0298. The van der Waals surface area contributed by atoms with Gasteiger partial charge in [-0.1, -0.05) is 36.2 Å². The highest BCUT2D eigenvalue weighted by atomic mass is 79.9. The molecule has 0 aliphatic heterocycles. The van der Waals surface area contributed by atoms with Crippen LogP contribution in [0.25, 0.3) is 0 Å². The van der Waals surface area contributed by atoms with Crippen molar-refractivity contribution in [1.82, 2.24) is 5.32 Å². The zero-order chi connectivity index (χ0) is 14.2. The summed E-state index contributed by atoms with van der Waals surface area (Å²) in [6.45, 7) is 4.11. The van der Waals surface area contributed by atoms with Crippen LogP contribution >= 0.6 is 15.9 Å². The van der Waals surface area contributed by atoms with Crippen LogP contribution in [0.3, 0.4) is 0 Å². The Morgan fingerprint density at radius 1 is 1.37 bits per heavy atom. The van der Waals surface area contributed by atoms with Crippen LogP contribution in [0.1, 0.15) is 43.5 Å². The van der Waals surface area contributed by atoms with Crippen LogP contribution in [0.15, 0.2) is 16.6 Å². The molecule has 1 aliphatic carbocycles. The molecule has 0 aromatic heterocycles. The van der Waals surface area contributed by atoms with E-state index in [4.69, 9.17) is 0 Å². The summed E-state index contributed by atoms with van der Waals surface area (Å²) in [6.07, 6.45) is 2.87. The van der Waals surface area contributed by atoms with Gasteiger partial charge >= 0.3 is 0 Å². The van der Waals surface area contributed by atoms with Gasteiger partial charge in [-0.3, -0.25) is 4.79 Å². The maximum atomic E-state index is 13.7. The Kier molecular flexibility index (Phi) is 3.95. The molecule has 2 nitrogen and oxygen atoms in total. The van der Waals surface area contributed by atoms with E-state index in [2.05, 4.69) is 35.1 Å². The molecule has 1 saturated carbocycles. The zero-order valence-corrected chi connectivity index (χ0v) is 12.5. The molecular formula is C14H16BrF2NO. The Hall–Kier alpha value is -0.970. The molecule has 1 aromatic rings. The molecule has 0 heterocycles. The van der Waals surface area contributed by atoms with Gasteiger partial charge in [0, 0.05) is 10.5 Å². The van der Waals surface area contributed by atoms with Gasteiger partial charge in [0.15, 0.2) is 0 Å². The van der Waals surface area contributed by atoms with Crippen LogP contribution in [-0.2, 0) is 0 Å². The smallest absolute Gasteiger partial charge is 0.257 e. The Morgan fingerprint density at radius 2 is 1.95 bits per heavy atom. The van der Waals surface area contributed by atoms with E-state index in [1.54, 1.807) is 0 Å². The molecule has 0 spiro atoms. The van der Waals surface area contributed by atoms with Crippen molar-refractivity contribution in [3.8, 4) is 0 Å². The number of carbonyl (C=O) groups excluding carboxylic acids is 1. The van der Waals surface area contributed by atoms with Crippen molar-refractivity contribution in [3.63, 3.8) is 0 Å². The first kappa shape index (κ1) is 14.4. The molecule has 1 N–H and O–H groups in total. The summed E-state index contributed by atoms with van der Waals surface area (Å²) in [4.78, 5) is 12.0.